The van der Waals surface area contributed by atoms with Crippen LogP contribution in [0.3, 0.4) is 0 Å². The van der Waals surface area contributed by atoms with Crippen LogP contribution in [-0.4, -0.2) is 58.0 Å². The van der Waals surface area contributed by atoms with Gasteiger partial charge in [0.2, 0.25) is 5.91 Å². The van der Waals surface area contributed by atoms with E-state index in [1.165, 1.54) is 0 Å². The van der Waals surface area contributed by atoms with Crippen LogP contribution in [0, 0.1) is 6.92 Å². The number of carbonyl (C=O) groups excluding carboxylic acids is 1. The van der Waals surface area contributed by atoms with Crippen LogP contribution in [0.25, 0.3) is 11.0 Å². The third kappa shape index (κ3) is 3.68. The second-order valence-electron chi connectivity index (χ2n) is 7.14. The number of aromatic amines is 1. The zero-order valence-corrected chi connectivity index (χ0v) is 16.5. The smallest absolute Gasteiger partial charge is 0.239 e. The Morgan fingerprint density at radius 3 is 2.64 bits per heavy atom. The highest BCUT2D eigenvalue weighted by molar-refractivity contribution is 6.30. The van der Waals surface area contributed by atoms with E-state index in [1.54, 1.807) is 6.33 Å². The van der Waals surface area contributed by atoms with E-state index in [2.05, 4.69) is 19.9 Å². The molecule has 3 N–H and O–H groups in total. The highest BCUT2D eigenvalue weighted by atomic mass is 35.5. The van der Waals surface area contributed by atoms with Gasteiger partial charge < -0.3 is 20.5 Å². The monoisotopic (exact) mass is 398 g/mol. The summed E-state index contributed by atoms with van der Waals surface area (Å²) in [6, 6.07) is 6.90. The molecule has 1 aromatic carbocycles. The number of nitrogens with zero attached hydrogens (tertiary/aromatic N) is 4. The Bertz CT molecular complexity index is 978. The van der Waals surface area contributed by atoms with Crippen molar-refractivity contribution >= 4 is 34.4 Å². The summed E-state index contributed by atoms with van der Waals surface area (Å²) >= 11 is 5.91. The van der Waals surface area contributed by atoms with Gasteiger partial charge in [0, 0.05) is 37.4 Å². The summed E-state index contributed by atoms with van der Waals surface area (Å²) in [5, 5.41) is 1.72. The van der Waals surface area contributed by atoms with E-state index in [1.807, 2.05) is 42.3 Å². The van der Waals surface area contributed by atoms with Crippen molar-refractivity contribution in [2.45, 2.75) is 19.4 Å². The third-order valence-corrected chi connectivity index (χ3v) is 5.48. The normalized spacial score (nSPS) is 15.8. The third-order valence-electron chi connectivity index (χ3n) is 5.22. The Hall–Kier alpha value is -2.64. The first-order valence-electron chi connectivity index (χ1n) is 9.35. The number of anilines is 1. The number of amides is 1. The Kier molecular flexibility index (Phi) is 5.19. The number of nitrogens with one attached hydrogen (secondary N) is 1. The van der Waals surface area contributed by atoms with Gasteiger partial charge in [-0.05, 0) is 36.6 Å². The molecule has 0 aliphatic carbocycles. The van der Waals surface area contributed by atoms with E-state index in [-0.39, 0.29) is 5.91 Å². The van der Waals surface area contributed by atoms with Crippen LogP contribution in [0.15, 0.2) is 36.8 Å². The maximum atomic E-state index is 12.8. The summed E-state index contributed by atoms with van der Waals surface area (Å²) in [6.07, 6.45) is 4.02. The summed E-state index contributed by atoms with van der Waals surface area (Å²) in [5.74, 6) is 0.904. The molecular formula is C20H23ClN6O. The second-order valence-corrected chi connectivity index (χ2v) is 7.58. The van der Waals surface area contributed by atoms with Crippen LogP contribution in [0.4, 0.5) is 5.82 Å². The standard InChI is InChI=1S/C20H23ClN6O/c1-13-11-23-18-17(13)19(25-12-24-18)26-6-8-27(9-7-26)20(28)16(22)10-14-2-4-15(21)5-3-14/h2-5,11-12,16H,6-10,22H2,1H3,(H,23,24,25)/t16-/m1/s1. The van der Waals surface area contributed by atoms with Gasteiger partial charge in [-0.25, -0.2) is 9.97 Å². The SMILES string of the molecule is Cc1c[nH]c2ncnc(N3CCN(C(=O)[C@H](N)Cc4ccc(Cl)cc4)CC3)c12. The van der Waals surface area contributed by atoms with Gasteiger partial charge in [0.1, 0.15) is 17.8 Å². The molecule has 0 bridgehead atoms. The Balaban J connectivity index is 1.40. The number of aryl methyl sites for hydroxylation is 1. The summed E-state index contributed by atoms with van der Waals surface area (Å²) in [4.78, 5) is 28.8. The van der Waals surface area contributed by atoms with Gasteiger partial charge in [0.05, 0.1) is 11.4 Å². The maximum absolute atomic E-state index is 12.8. The van der Waals surface area contributed by atoms with E-state index >= 15 is 0 Å². The molecule has 1 aliphatic heterocycles. The number of rotatable bonds is 4. The average molecular weight is 399 g/mol. The van der Waals surface area contributed by atoms with E-state index in [9.17, 15) is 4.79 Å². The first kappa shape index (κ1) is 18.7. The van der Waals surface area contributed by atoms with Crippen LogP contribution in [0.5, 0.6) is 0 Å². The fourth-order valence-corrected chi connectivity index (χ4v) is 3.80. The summed E-state index contributed by atoms with van der Waals surface area (Å²) in [5.41, 5.74) is 9.15. The fraction of sp³-hybridized carbons (Fsp3) is 0.350. The van der Waals surface area contributed by atoms with Crippen molar-refractivity contribution in [1.29, 1.82) is 0 Å². The zero-order chi connectivity index (χ0) is 19.7. The van der Waals surface area contributed by atoms with E-state index < -0.39 is 6.04 Å². The first-order valence-corrected chi connectivity index (χ1v) is 9.73. The van der Waals surface area contributed by atoms with Crippen molar-refractivity contribution in [2.24, 2.45) is 5.73 Å². The minimum absolute atomic E-state index is 0.0136. The number of aromatic nitrogens is 3. The lowest BCUT2D eigenvalue weighted by molar-refractivity contribution is -0.132. The van der Waals surface area contributed by atoms with Gasteiger partial charge >= 0.3 is 0 Å². The molecule has 7 nitrogen and oxygen atoms in total. The number of hydrogen-bond donors (Lipinski definition) is 2. The predicted molar refractivity (Wildman–Crippen MR) is 111 cm³/mol. The predicted octanol–water partition coefficient (Wildman–Crippen LogP) is 2.14. The van der Waals surface area contributed by atoms with E-state index in [0.29, 0.717) is 24.5 Å². The lowest BCUT2D eigenvalue weighted by Gasteiger charge is -2.36. The maximum Gasteiger partial charge on any atom is 0.239 e. The molecule has 1 amide bonds. The molecule has 4 rings (SSSR count). The molecule has 0 saturated carbocycles. The van der Waals surface area contributed by atoms with E-state index in [0.717, 1.165) is 41.1 Å². The number of hydrogen-bond acceptors (Lipinski definition) is 5. The average Bonchev–Trinajstić information content (AvgIpc) is 3.10. The molecule has 2 aromatic heterocycles. The van der Waals surface area contributed by atoms with Crippen LogP contribution >= 0.6 is 11.6 Å². The molecule has 1 atom stereocenters. The fourth-order valence-electron chi connectivity index (χ4n) is 3.67. The second kappa shape index (κ2) is 7.77. The van der Waals surface area contributed by atoms with Gasteiger partial charge in [-0.3, -0.25) is 4.79 Å². The summed E-state index contributed by atoms with van der Waals surface area (Å²) in [7, 11) is 0. The molecule has 1 fully saturated rings. The first-order chi connectivity index (χ1) is 13.5. The van der Waals surface area contributed by atoms with Crippen LogP contribution in [-0.2, 0) is 11.2 Å². The Labute approximate surface area is 168 Å². The quantitative estimate of drug-likeness (QED) is 0.702. The number of nitrogens with two attached hydrogens (primary N) is 1. The van der Waals surface area contributed by atoms with Gasteiger partial charge in [0.25, 0.3) is 0 Å². The molecule has 3 aromatic rings. The van der Waals surface area contributed by atoms with Gasteiger partial charge in [-0.15, -0.1) is 0 Å². The lowest BCUT2D eigenvalue weighted by atomic mass is 10.1. The Morgan fingerprint density at radius 2 is 1.93 bits per heavy atom. The topological polar surface area (TPSA) is 91.1 Å². The number of carbonyl (C=O) groups is 1. The number of H-pyrrole nitrogens is 1. The molecule has 0 spiro atoms. The van der Waals surface area contributed by atoms with Gasteiger partial charge in [-0.2, -0.15) is 0 Å². The number of fused-ring (bicyclic) bond motifs is 1. The van der Waals surface area contributed by atoms with Crippen molar-refractivity contribution in [1.82, 2.24) is 19.9 Å². The van der Waals surface area contributed by atoms with Crippen molar-refractivity contribution < 1.29 is 4.79 Å². The summed E-state index contributed by atoms with van der Waals surface area (Å²) < 4.78 is 0. The Morgan fingerprint density at radius 1 is 1.21 bits per heavy atom. The molecule has 28 heavy (non-hydrogen) atoms. The van der Waals surface area contributed by atoms with Crippen molar-refractivity contribution in [3.05, 3.63) is 52.9 Å². The van der Waals surface area contributed by atoms with Crippen LogP contribution < -0.4 is 10.6 Å². The number of benzene rings is 1. The minimum Gasteiger partial charge on any atom is -0.352 e. The molecular weight excluding hydrogens is 376 g/mol. The molecule has 1 aliphatic rings. The molecule has 8 heteroatoms. The molecule has 146 valence electrons. The van der Waals surface area contributed by atoms with E-state index in [4.69, 9.17) is 17.3 Å². The van der Waals surface area contributed by atoms with Crippen LogP contribution in [0.1, 0.15) is 11.1 Å². The molecule has 0 radical (unpaired) electrons. The van der Waals surface area contributed by atoms with Gasteiger partial charge in [0.15, 0.2) is 0 Å². The molecule has 3 heterocycles. The lowest BCUT2D eigenvalue weighted by Crippen LogP contribution is -2.53. The molecule has 0 unspecified atom stereocenters. The highest BCUT2D eigenvalue weighted by Crippen LogP contribution is 2.26. The minimum atomic E-state index is -0.551. The van der Waals surface area contributed by atoms with Crippen molar-refractivity contribution in [3.63, 3.8) is 0 Å². The van der Waals surface area contributed by atoms with Crippen molar-refractivity contribution in [2.75, 3.05) is 31.1 Å². The largest absolute Gasteiger partial charge is 0.352 e. The van der Waals surface area contributed by atoms with Gasteiger partial charge in [-0.1, -0.05) is 23.7 Å². The molecule has 1 saturated heterocycles. The van der Waals surface area contributed by atoms with Crippen molar-refractivity contribution in [3.8, 4) is 0 Å². The highest BCUT2D eigenvalue weighted by Gasteiger charge is 2.27. The summed E-state index contributed by atoms with van der Waals surface area (Å²) in [6.45, 7) is 4.73. The number of halogens is 1. The zero-order valence-electron chi connectivity index (χ0n) is 15.7. The van der Waals surface area contributed by atoms with Crippen LogP contribution in [0.2, 0.25) is 5.02 Å². The number of piperazine rings is 1.